The van der Waals surface area contributed by atoms with Gasteiger partial charge in [-0.25, -0.2) is 9.78 Å². The highest BCUT2D eigenvalue weighted by Gasteiger charge is 2.30. The fourth-order valence-corrected chi connectivity index (χ4v) is 3.24. The smallest absolute Gasteiger partial charge is 0.416 e. The van der Waals surface area contributed by atoms with Crippen molar-refractivity contribution in [2.24, 2.45) is 0 Å². The first-order chi connectivity index (χ1) is 13.8. The number of carbonyl (C=O) groups excluding carboxylic acids is 1. The van der Waals surface area contributed by atoms with Crippen LogP contribution in [-0.2, 0) is 10.9 Å². The highest BCUT2D eigenvalue weighted by Crippen LogP contribution is 2.36. The summed E-state index contributed by atoms with van der Waals surface area (Å²) >= 11 is 0. The van der Waals surface area contributed by atoms with E-state index in [-0.39, 0.29) is 5.69 Å². The highest BCUT2D eigenvalue weighted by molar-refractivity contribution is 6.13. The Morgan fingerprint density at radius 3 is 2.34 bits per heavy atom. The van der Waals surface area contributed by atoms with Gasteiger partial charge in [-0.15, -0.1) is 0 Å². The minimum atomic E-state index is -4.44. The van der Waals surface area contributed by atoms with Crippen LogP contribution in [0.5, 0.6) is 5.75 Å². The number of benzene rings is 2. The molecule has 29 heavy (non-hydrogen) atoms. The minimum absolute atomic E-state index is 0.0543. The van der Waals surface area contributed by atoms with Crippen molar-refractivity contribution in [3.63, 3.8) is 0 Å². The van der Waals surface area contributed by atoms with Crippen LogP contribution in [0.25, 0.3) is 33.1 Å². The number of nitrogens with zero attached hydrogens (tertiary/aromatic N) is 1. The van der Waals surface area contributed by atoms with E-state index in [1.54, 1.807) is 19.2 Å². The van der Waals surface area contributed by atoms with Crippen LogP contribution in [0.3, 0.4) is 0 Å². The van der Waals surface area contributed by atoms with E-state index in [1.807, 2.05) is 12.1 Å². The quantitative estimate of drug-likeness (QED) is 0.480. The topological polar surface area (TPSA) is 64.2 Å². The molecule has 0 saturated carbocycles. The Morgan fingerprint density at radius 2 is 1.72 bits per heavy atom. The number of esters is 1. The lowest BCUT2D eigenvalue weighted by Crippen LogP contribution is -2.06. The maximum absolute atomic E-state index is 12.9. The van der Waals surface area contributed by atoms with Crippen molar-refractivity contribution in [3.05, 3.63) is 59.8 Å². The molecular formula is C21H15F3N2O3. The third-order valence-electron chi connectivity index (χ3n) is 4.68. The highest BCUT2D eigenvalue weighted by atomic mass is 19.4. The van der Waals surface area contributed by atoms with Gasteiger partial charge < -0.3 is 14.5 Å². The number of hydrogen-bond acceptors (Lipinski definition) is 4. The molecule has 5 nitrogen and oxygen atoms in total. The number of ether oxygens (including phenoxy) is 2. The maximum Gasteiger partial charge on any atom is 0.416 e. The Balaban J connectivity index is 2.00. The molecule has 2 aromatic carbocycles. The van der Waals surface area contributed by atoms with Gasteiger partial charge in [-0.05, 0) is 36.4 Å². The van der Waals surface area contributed by atoms with Crippen molar-refractivity contribution >= 4 is 27.8 Å². The Kier molecular flexibility index (Phi) is 4.41. The summed E-state index contributed by atoms with van der Waals surface area (Å²) in [5.74, 6) is -0.0109. The molecule has 4 aromatic rings. The molecule has 8 heteroatoms. The third kappa shape index (κ3) is 3.26. The first-order valence-corrected chi connectivity index (χ1v) is 8.58. The Labute approximate surface area is 163 Å². The first kappa shape index (κ1) is 18.8. The van der Waals surface area contributed by atoms with Crippen molar-refractivity contribution in [1.29, 1.82) is 0 Å². The van der Waals surface area contributed by atoms with Crippen LogP contribution in [-0.4, -0.2) is 30.2 Å². The Bertz CT molecular complexity index is 1230. The van der Waals surface area contributed by atoms with Gasteiger partial charge in [0.2, 0.25) is 0 Å². The lowest BCUT2D eigenvalue weighted by atomic mass is 10.0. The molecule has 0 aliphatic heterocycles. The predicted molar refractivity (Wildman–Crippen MR) is 102 cm³/mol. The number of fused-ring (bicyclic) bond motifs is 3. The van der Waals surface area contributed by atoms with Gasteiger partial charge in [0, 0.05) is 21.9 Å². The molecule has 0 atom stereocenters. The molecule has 0 amide bonds. The maximum atomic E-state index is 12.9. The zero-order valence-corrected chi connectivity index (χ0v) is 15.4. The molecule has 0 unspecified atom stereocenters. The van der Waals surface area contributed by atoms with Crippen LogP contribution in [0, 0.1) is 0 Å². The summed E-state index contributed by atoms with van der Waals surface area (Å²) in [4.78, 5) is 19.7. The van der Waals surface area contributed by atoms with E-state index >= 15 is 0 Å². The molecule has 0 aliphatic rings. The Morgan fingerprint density at radius 1 is 1.00 bits per heavy atom. The molecule has 0 saturated heterocycles. The summed E-state index contributed by atoms with van der Waals surface area (Å²) in [6, 6.07) is 11.6. The third-order valence-corrected chi connectivity index (χ3v) is 4.68. The van der Waals surface area contributed by atoms with E-state index in [9.17, 15) is 18.0 Å². The largest absolute Gasteiger partial charge is 0.497 e. The fraction of sp³-hybridized carbons (Fsp3) is 0.143. The molecule has 0 bridgehead atoms. The van der Waals surface area contributed by atoms with Crippen molar-refractivity contribution in [2.75, 3.05) is 14.2 Å². The van der Waals surface area contributed by atoms with Crippen molar-refractivity contribution in [3.8, 4) is 17.0 Å². The number of H-pyrrole nitrogens is 1. The molecule has 2 aromatic heterocycles. The summed E-state index contributed by atoms with van der Waals surface area (Å²) in [7, 11) is 2.79. The number of pyridine rings is 1. The number of carbonyl (C=O) groups is 1. The Hall–Kier alpha value is -3.55. The van der Waals surface area contributed by atoms with E-state index < -0.39 is 17.7 Å². The number of rotatable bonds is 3. The average molecular weight is 400 g/mol. The summed E-state index contributed by atoms with van der Waals surface area (Å²) < 4.78 is 48.8. The number of aromatic nitrogens is 2. The van der Waals surface area contributed by atoms with Crippen molar-refractivity contribution in [2.45, 2.75) is 6.18 Å². The predicted octanol–water partition coefficient (Wildman–Crippen LogP) is 5.20. The SMILES string of the molecule is COC(=O)c1cc2c([nH]c3ccc(OC)cc32)c(-c2ccc(C(F)(F)F)cc2)n1. The second-order valence-electron chi connectivity index (χ2n) is 6.38. The van der Waals surface area contributed by atoms with Gasteiger partial charge in [-0.1, -0.05) is 12.1 Å². The minimum Gasteiger partial charge on any atom is -0.497 e. The van der Waals surface area contributed by atoms with Gasteiger partial charge in [0.05, 0.1) is 31.0 Å². The average Bonchev–Trinajstić information content (AvgIpc) is 3.09. The molecule has 4 rings (SSSR count). The molecule has 0 radical (unpaired) electrons. The number of alkyl halides is 3. The van der Waals surface area contributed by atoms with E-state index in [1.165, 1.54) is 19.2 Å². The van der Waals surface area contributed by atoms with Gasteiger partial charge in [-0.2, -0.15) is 13.2 Å². The molecule has 148 valence electrons. The fourth-order valence-electron chi connectivity index (χ4n) is 3.24. The number of aromatic amines is 1. The molecule has 2 heterocycles. The molecular weight excluding hydrogens is 385 g/mol. The van der Waals surface area contributed by atoms with Crippen LogP contribution in [0.4, 0.5) is 13.2 Å². The standard InChI is InChI=1S/C21H15F3N2O3/c1-28-13-7-8-16-14(9-13)15-10-17(20(27)29-2)26-18(19(15)25-16)11-3-5-12(6-4-11)21(22,23)24/h3-10,25H,1-2H3. The van der Waals surface area contributed by atoms with E-state index in [0.717, 1.165) is 23.0 Å². The summed E-state index contributed by atoms with van der Waals surface area (Å²) in [6.07, 6.45) is -4.44. The second kappa shape index (κ2) is 6.80. The van der Waals surface area contributed by atoms with Gasteiger partial charge in [-0.3, -0.25) is 0 Å². The van der Waals surface area contributed by atoms with Crippen molar-refractivity contribution in [1.82, 2.24) is 9.97 Å². The molecule has 0 spiro atoms. The monoisotopic (exact) mass is 400 g/mol. The zero-order chi connectivity index (χ0) is 20.8. The molecule has 0 fully saturated rings. The summed E-state index contributed by atoms with van der Waals surface area (Å²) in [5.41, 5.74) is 1.46. The van der Waals surface area contributed by atoms with Crippen LogP contribution in [0.15, 0.2) is 48.5 Å². The van der Waals surface area contributed by atoms with E-state index in [2.05, 4.69) is 9.97 Å². The second-order valence-corrected chi connectivity index (χ2v) is 6.38. The lowest BCUT2D eigenvalue weighted by molar-refractivity contribution is -0.137. The van der Waals surface area contributed by atoms with Crippen LogP contribution >= 0.6 is 0 Å². The number of hydrogen-bond donors (Lipinski definition) is 1. The normalized spacial score (nSPS) is 11.8. The van der Waals surface area contributed by atoms with Crippen LogP contribution in [0.1, 0.15) is 16.1 Å². The molecule has 1 N–H and O–H groups in total. The summed E-state index contributed by atoms with van der Waals surface area (Å²) in [5, 5.41) is 1.48. The van der Waals surface area contributed by atoms with Gasteiger partial charge >= 0.3 is 12.1 Å². The van der Waals surface area contributed by atoms with Gasteiger partial charge in [0.25, 0.3) is 0 Å². The van der Waals surface area contributed by atoms with E-state index in [0.29, 0.717) is 27.9 Å². The van der Waals surface area contributed by atoms with Crippen LogP contribution in [0.2, 0.25) is 0 Å². The van der Waals surface area contributed by atoms with Crippen LogP contribution < -0.4 is 4.74 Å². The number of nitrogens with one attached hydrogen (secondary N) is 1. The van der Waals surface area contributed by atoms with E-state index in [4.69, 9.17) is 9.47 Å². The zero-order valence-electron chi connectivity index (χ0n) is 15.4. The van der Waals surface area contributed by atoms with Crippen molar-refractivity contribution < 1.29 is 27.4 Å². The number of methoxy groups -OCH3 is 2. The molecule has 0 aliphatic carbocycles. The summed E-state index contributed by atoms with van der Waals surface area (Å²) in [6.45, 7) is 0. The van der Waals surface area contributed by atoms with Gasteiger partial charge in [0.1, 0.15) is 11.4 Å². The first-order valence-electron chi connectivity index (χ1n) is 8.58. The number of halogens is 3. The lowest BCUT2D eigenvalue weighted by Gasteiger charge is -2.09. The van der Waals surface area contributed by atoms with Gasteiger partial charge in [0.15, 0.2) is 0 Å².